The standard InChI is InChI=1S/C17H23ClN2O2S.ClH/c1-2-3-4-15(16(21)22)12-9-10-20(11-12)17(23)19-14-7-5-13(18)6-8-14;/h5-8,12,15H,2-4,9-11H2,1H3,(H,19,23)(H,21,22);1H/t12-,15?;/m1./s1. The second-order valence-electron chi connectivity index (χ2n) is 6.02. The van der Waals surface area contributed by atoms with Gasteiger partial charge in [0.15, 0.2) is 5.11 Å². The van der Waals surface area contributed by atoms with Gasteiger partial charge in [-0.1, -0.05) is 31.4 Å². The summed E-state index contributed by atoms with van der Waals surface area (Å²) in [7, 11) is 0. The van der Waals surface area contributed by atoms with Gasteiger partial charge in [0.25, 0.3) is 0 Å². The number of nitrogens with zero attached hydrogens (tertiary/aromatic N) is 1. The Hall–Kier alpha value is -1.04. The molecule has 2 rings (SSSR count). The fourth-order valence-electron chi connectivity index (χ4n) is 3.02. The van der Waals surface area contributed by atoms with E-state index in [1.54, 1.807) is 0 Å². The molecule has 0 aromatic heterocycles. The van der Waals surface area contributed by atoms with Crippen molar-refractivity contribution in [3.8, 4) is 0 Å². The van der Waals surface area contributed by atoms with Crippen molar-refractivity contribution in [1.82, 2.24) is 4.90 Å². The number of halogens is 2. The van der Waals surface area contributed by atoms with E-state index in [1.165, 1.54) is 0 Å². The van der Waals surface area contributed by atoms with E-state index in [1.807, 2.05) is 24.3 Å². The van der Waals surface area contributed by atoms with Crippen LogP contribution in [0.5, 0.6) is 0 Å². The molecule has 0 spiro atoms. The second kappa shape index (κ2) is 10.1. The van der Waals surface area contributed by atoms with Crippen LogP contribution in [0, 0.1) is 11.8 Å². The van der Waals surface area contributed by atoms with Crippen molar-refractivity contribution < 1.29 is 9.90 Å². The molecule has 0 amide bonds. The van der Waals surface area contributed by atoms with E-state index in [0.29, 0.717) is 16.7 Å². The van der Waals surface area contributed by atoms with Gasteiger partial charge < -0.3 is 15.3 Å². The zero-order valence-corrected chi connectivity index (χ0v) is 16.1. The van der Waals surface area contributed by atoms with Gasteiger partial charge in [0.05, 0.1) is 5.92 Å². The number of hydrogen-bond acceptors (Lipinski definition) is 2. The lowest BCUT2D eigenvalue weighted by Gasteiger charge is -2.23. The lowest BCUT2D eigenvalue weighted by Crippen LogP contribution is -2.34. The fraction of sp³-hybridized carbons (Fsp3) is 0.529. The first-order chi connectivity index (χ1) is 11.0. The molecule has 1 heterocycles. The summed E-state index contributed by atoms with van der Waals surface area (Å²) in [6.07, 6.45) is 3.61. The van der Waals surface area contributed by atoms with Crippen LogP contribution in [0.4, 0.5) is 5.69 Å². The molecule has 2 atom stereocenters. The molecule has 1 unspecified atom stereocenters. The number of thiocarbonyl (C=S) groups is 1. The van der Waals surface area contributed by atoms with Gasteiger partial charge in [-0.25, -0.2) is 0 Å². The number of aliphatic carboxylic acids is 1. The number of carboxylic acid groups (broad SMARTS) is 1. The summed E-state index contributed by atoms with van der Waals surface area (Å²) >= 11 is 11.3. The van der Waals surface area contributed by atoms with Crippen LogP contribution in [0.3, 0.4) is 0 Å². The Kier molecular flexibility index (Phi) is 8.81. The minimum Gasteiger partial charge on any atom is -0.481 e. The summed E-state index contributed by atoms with van der Waals surface area (Å²) in [6, 6.07) is 7.38. The summed E-state index contributed by atoms with van der Waals surface area (Å²) < 4.78 is 0. The van der Waals surface area contributed by atoms with Crippen molar-refractivity contribution in [3.05, 3.63) is 29.3 Å². The highest BCUT2D eigenvalue weighted by Crippen LogP contribution is 2.29. The maximum Gasteiger partial charge on any atom is 0.306 e. The van der Waals surface area contributed by atoms with Crippen LogP contribution in [0.15, 0.2) is 24.3 Å². The quantitative estimate of drug-likeness (QED) is 0.690. The van der Waals surface area contributed by atoms with E-state index < -0.39 is 5.97 Å². The summed E-state index contributed by atoms with van der Waals surface area (Å²) in [5, 5.41) is 14.0. The molecular weight excluding hydrogens is 367 g/mol. The Morgan fingerprint density at radius 2 is 2.12 bits per heavy atom. The Balaban J connectivity index is 0.00000288. The maximum atomic E-state index is 11.5. The highest BCUT2D eigenvalue weighted by molar-refractivity contribution is 7.80. The molecule has 0 bridgehead atoms. The molecule has 0 saturated carbocycles. The molecule has 0 radical (unpaired) electrons. The van der Waals surface area contributed by atoms with Crippen molar-refractivity contribution in [2.45, 2.75) is 32.6 Å². The minimum absolute atomic E-state index is 0. The van der Waals surface area contributed by atoms with E-state index in [4.69, 9.17) is 23.8 Å². The fourth-order valence-corrected chi connectivity index (χ4v) is 3.43. The molecule has 24 heavy (non-hydrogen) atoms. The maximum absolute atomic E-state index is 11.5. The largest absolute Gasteiger partial charge is 0.481 e. The topological polar surface area (TPSA) is 52.6 Å². The lowest BCUT2D eigenvalue weighted by molar-refractivity contribution is -0.143. The van der Waals surface area contributed by atoms with Crippen LogP contribution in [0.1, 0.15) is 32.6 Å². The third-order valence-corrected chi connectivity index (χ3v) is 4.97. The number of benzene rings is 1. The predicted octanol–water partition coefficient (Wildman–Crippen LogP) is 4.67. The average molecular weight is 391 g/mol. The molecule has 1 saturated heterocycles. The summed E-state index contributed by atoms with van der Waals surface area (Å²) in [5.41, 5.74) is 0.892. The Bertz CT molecular complexity index is 554. The molecule has 134 valence electrons. The summed E-state index contributed by atoms with van der Waals surface area (Å²) in [4.78, 5) is 13.6. The highest BCUT2D eigenvalue weighted by atomic mass is 35.5. The summed E-state index contributed by atoms with van der Waals surface area (Å²) in [6.45, 7) is 3.60. The minimum atomic E-state index is -0.679. The molecule has 1 aliphatic heterocycles. The Labute approximate surface area is 160 Å². The van der Waals surface area contributed by atoms with Crippen LogP contribution in [0.25, 0.3) is 0 Å². The number of likely N-dealkylation sites (tertiary alicyclic amines) is 1. The number of rotatable bonds is 6. The smallest absolute Gasteiger partial charge is 0.306 e. The molecular formula is C17H24Cl2N2O2S. The normalized spacial score (nSPS) is 17.9. The van der Waals surface area contributed by atoms with Crippen molar-refractivity contribution >= 4 is 53.0 Å². The van der Waals surface area contributed by atoms with Crippen LogP contribution >= 0.6 is 36.2 Å². The SMILES string of the molecule is CCCCC(C(=O)O)[C@@H]1CCN(C(=S)Nc2ccc(Cl)cc2)C1.Cl. The molecule has 0 aliphatic carbocycles. The number of carboxylic acids is 1. The van der Waals surface area contributed by atoms with Gasteiger partial charge in [0.1, 0.15) is 0 Å². The average Bonchev–Trinajstić information content (AvgIpc) is 2.99. The summed E-state index contributed by atoms with van der Waals surface area (Å²) in [5.74, 6) is -0.774. The first kappa shape index (κ1) is 21.0. The van der Waals surface area contributed by atoms with Crippen molar-refractivity contribution in [3.63, 3.8) is 0 Å². The molecule has 1 aromatic rings. The third kappa shape index (κ3) is 5.80. The molecule has 2 N–H and O–H groups in total. The third-order valence-electron chi connectivity index (χ3n) is 4.36. The van der Waals surface area contributed by atoms with Gasteiger partial charge in [0.2, 0.25) is 0 Å². The van der Waals surface area contributed by atoms with Crippen molar-refractivity contribution in [2.24, 2.45) is 11.8 Å². The predicted molar refractivity (Wildman–Crippen MR) is 105 cm³/mol. The lowest BCUT2D eigenvalue weighted by atomic mass is 9.87. The first-order valence-electron chi connectivity index (χ1n) is 8.05. The van der Waals surface area contributed by atoms with Gasteiger partial charge in [-0.05, 0) is 55.2 Å². The van der Waals surface area contributed by atoms with Crippen LogP contribution < -0.4 is 5.32 Å². The second-order valence-corrected chi connectivity index (χ2v) is 6.84. The van der Waals surface area contributed by atoms with Gasteiger partial charge in [-0.3, -0.25) is 4.79 Å². The molecule has 1 fully saturated rings. The number of nitrogens with one attached hydrogen (secondary N) is 1. The molecule has 7 heteroatoms. The van der Waals surface area contributed by atoms with Crippen LogP contribution in [-0.2, 0) is 4.79 Å². The van der Waals surface area contributed by atoms with Crippen molar-refractivity contribution in [2.75, 3.05) is 18.4 Å². The molecule has 1 aliphatic rings. The van der Waals surface area contributed by atoms with E-state index in [0.717, 1.165) is 37.9 Å². The van der Waals surface area contributed by atoms with Crippen LogP contribution in [0.2, 0.25) is 5.02 Å². The Morgan fingerprint density at radius 1 is 1.46 bits per heavy atom. The zero-order chi connectivity index (χ0) is 16.8. The van der Waals surface area contributed by atoms with E-state index in [2.05, 4.69) is 17.1 Å². The number of anilines is 1. The monoisotopic (exact) mass is 390 g/mol. The number of unbranched alkanes of at least 4 members (excludes halogenated alkanes) is 1. The molecule has 4 nitrogen and oxygen atoms in total. The number of carbonyl (C=O) groups is 1. The van der Waals surface area contributed by atoms with Gasteiger partial charge in [0, 0.05) is 23.8 Å². The highest BCUT2D eigenvalue weighted by Gasteiger charge is 2.34. The Morgan fingerprint density at radius 3 is 2.71 bits per heavy atom. The van der Waals surface area contributed by atoms with Gasteiger partial charge in [-0.2, -0.15) is 0 Å². The van der Waals surface area contributed by atoms with Crippen LogP contribution in [-0.4, -0.2) is 34.2 Å². The van der Waals surface area contributed by atoms with E-state index in [-0.39, 0.29) is 24.2 Å². The van der Waals surface area contributed by atoms with E-state index in [9.17, 15) is 9.90 Å². The van der Waals surface area contributed by atoms with Crippen molar-refractivity contribution in [1.29, 1.82) is 0 Å². The van der Waals surface area contributed by atoms with Gasteiger partial charge >= 0.3 is 5.97 Å². The van der Waals surface area contributed by atoms with Gasteiger partial charge in [-0.15, -0.1) is 12.4 Å². The van der Waals surface area contributed by atoms with E-state index >= 15 is 0 Å². The molecule has 1 aromatic carbocycles. The zero-order valence-electron chi connectivity index (χ0n) is 13.7. The first-order valence-corrected chi connectivity index (χ1v) is 8.84. The number of hydrogen-bond donors (Lipinski definition) is 2.